The predicted molar refractivity (Wildman–Crippen MR) is 92.4 cm³/mol. The number of rotatable bonds is 6. The molecule has 122 valence electrons. The fourth-order valence-corrected chi connectivity index (χ4v) is 3.21. The number of urea groups is 1. The molecule has 2 rings (SSSR count). The highest BCUT2D eigenvalue weighted by atomic mass is 35.5. The molecule has 1 aromatic heterocycles. The summed E-state index contributed by atoms with van der Waals surface area (Å²) in [5.74, 6) is -0.176. The second kappa shape index (κ2) is 7.99. The Kier molecular flexibility index (Phi) is 6.01. The summed E-state index contributed by atoms with van der Waals surface area (Å²) in [4.78, 5) is 24.3. The van der Waals surface area contributed by atoms with E-state index in [0.29, 0.717) is 5.02 Å². The highest BCUT2D eigenvalue weighted by Crippen LogP contribution is 2.23. The minimum atomic E-state index is -0.654. The van der Waals surface area contributed by atoms with E-state index >= 15 is 0 Å². The van der Waals surface area contributed by atoms with Gasteiger partial charge in [0.2, 0.25) is 5.91 Å². The van der Waals surface area contributed by atoms with E-state index in [9.17, 15) is 9.59 Å². The van der Waals surface area contributed by atoms with Crippen molar-refractivity contribution in [3.05, 3.63) is 57.2 Å². The molecule has 0 radical (unpaired) electrons. The molecule has 0 aliphatic carbocycles. The standard InChI is InChI=1S/C16H18ClN3O2S/c1-10(11-4-2-5-12(17)8-11)19-15(21)9-13(20-16(18)22)14-6-3-7-23-14/h2-8,10,13H,9H2,1H3,(H,19,21)(H3,18,20,22)/t10-,13-/m0/s1. The van der Waals surface area contributed by atoms with Crippen LogP contribution in [0.15, 0.2) is 41.8 Å². The smallest absolute Gasteiger partial charge is 0.312 e. The summed E-state index contributed by atoms with van der Waals surface area (Å²) in [5, 5.41) is 8.01. The maximum absolute atomic E-state index is 12.3. The molecular weight excluding hydrogens is 334 g/mol. The third kappa shape index (κ3) is 5.26. The average Bonchev–Trinajstić information content (AvgIpc) is 3.00. The van der Waals surface area contributed by atoms with E-state index in [1.165, 1.54) is 11.3 Å². The van der Waals surface area contributed by atoms with E-state index in [0.717, 1.165) is 10.4 Å². The molecule has 5 nitrogen and oxygen atoms in total. The number of primary amides is 1. The van der Waals surface area contributed by atoms with Crippen molar-refractivity contribution in [1.82, 2.24) is 10.6 Å². The first-order chi connectivity index (χ1) is 11.0. The summed E-state index contributed by atoms with van der Waals surface area (Å²) < 4.78 is 0. The molecule has 0 aliphatic rings. The average molecular weight is 352 g/mol. The number of hydrogen-bond acceptors (Lipinski definition) is 3. The molecule has 3 amide bonds. The van der Waals surface area contributed by atoms with Gasteiger partial charge < -0.3 is 16.4 Å². The number of hydrogen-bond donors (Lipinski definition) is 3. The van der Waals surface area contributed by atoms with E-state index in [4.69, 9.17) is 17.3 Å². The molecule has 0 saturated heterocycles. The van der Waals surface area contributed by atoms with Crippen molar-refractivity contribution in [2.24, 2.45) is 5.73 Å². The molecule has 23 heavy (non-hydrogen) atoms. The van der Waals surface area contributed by atoms with Crippen molar-refractivity contribution in [3.8, 4) is 0 Å². The van der Waals surface area contributed by atoms with Crippen LogP contribution in [0.3, 0.4) is 0 Å². The van der Waals surface area contributed by atoms with Crippen LogP contribution in [-0.2, 0) is 4.79 Å². The second-order valence-electron chi connectivity index (χ2n) is 5.12. The first-order valence-corrected chi connectivity index (χ1v) is 8.35. The number of carbonyl (C=O) groups is 2. The van der Waals surface area contributed by atoms with Gasteiger partial charge in [0.05, 0.1) is 18.5 Å². The molecule has 0 saturated carbocycles. The maximum atomic E-state index is 12.3. The zero-order chi connectivity index (χ0) is 16.8. The minimum Gasteiger partial charge on any atom is -0.352 e. The fraction of sp³-hybridized carbons (Fsp3) is 0.250. The van der Waals surface area contributed by atoms with Gasteiger partial charge in [-0.15, -0.1) is 11.3 Å². The summed E-state index contributed by atoms with van der Waals surface area (Å²) in [7, 11) is 0. The number of nitrogens with two attached hydrogens (primary N) is 1. The van der Waals surface area contributed by atoms with Gasteiger partial charge in [-0.25, -0.2) is 4.79 Å². The SMILES string of the molecule is C[C@H](NC(=O)C[C@H](NC(N)=O)c1cccs1)c1cccc(Cl)c1. The number of amides is 3. The van der Waals surface area contributed by atoms with Crippen molar-refractivity contribution in [2.45, 2.75) is 25.4 Å². The normalized spacial score (nSPS) is 13.1. The van der Waals surface area contributed by atoms with Gasteiger partial charge in [-0.05, 0) is 36.1 Å². The molecular formula is C16H18ClN3O2S. The number of nitrogens with one attached hydrogen (secondary N) is 2. The molecule has 0 spiro atoms. The topological polar surface area (TPSA) is 84.2 Å². The molecule has 7 heteroatoms. The van der Waals surface area contributed by atoms with Gasteiger partial charge in [0.1, 0.15) is 0 Å². The van der Waals surface area contributed by atoms with Crippen LogP contribution in [0.25, 0.3) is 0 Å². The van der Waals surface area contributed by atoms with Crippen LogP contribution in [0, 0.1) is 0 Å². The van der Waals surface area contributed by atoms with E-state index in [2.05, 4.69) is 10.6 Å². The zero-order valence-electron chi connectivity index (χ0n) is 12.6. The molecule has 0 unspecified atom stereocenters. The Morgan fingerprint density at radius 2 is 2.04 bits per heavy atom. The summed E-state index contributed by atoms with van der Waals surface area (Å²) in [6.45, 7) is 1.88. The first-order valence-electron chi connectivity index (χ1n) is 7.10. The summed E-state index contributed by atoms with van der Waals surface area (Å²) in [6, 6.07) is 9.78. The Morgan fingerprint density at radius 1 is 1.26 bits per heavy atom. The Balaban J connectivity index is 2.00. The van der Waals surface area contributed by atoms with Crippen LogP contribution in [0.2, 0.25) is 5.02 Å². The number of carbonyl (C=O) groups excluding carboxylic acids is 2. The van der Waals surface area contributed by atoms with E-state index < -0.39 is 12.1 Å². The molecule has 2 atom stereocenters. The van der Waals surface area contributed by atoms with Gasteiger partial charge in [-0.1, -0.05) is 29.8 Å². The number of halogens is 1. The third-order valence-electron chi connectivity index (χ3n) is 3.32. The number of benzene rings is 1. The van der Waals surface area contributed by atoms with Crippen LogP contribution < -0.4 is 16.4 Å². The molecule has 0 aliphatic heterocycles. The Morgan fingerprint density at radius 3 is 2.65 bits per heavy atom. The van der Waals surface area contributed by atoms with Crippen molar-refractivity contribution in [1.29, 1.82) is 0 Å². The van der Waals surface area contributed by atoms with Crippen LogP contribution in [0.1, 0.15) is 35.9 Å². The van der Waals surface area contributed by atoms with Gasteiger partial charge >= 0.3 is 6.03 Å². The van der Waals surface area contributed by atoms with Gasteiger partial charge in [0, 0.05) is 9.90 Å². The maximum Gasteiger partial charge on any atom is 0.312 e. The van der Waals surface area contributed by atoms with Crippen molar-refractivity contribution < 1.29 is 9.59 Å². The van der Waals surface area contributed by atoms with Crippen molar-refractivity contribution in [3.63, 3.8) is 0 Å². The van der Waals surface area contributed by atoms with Gasteiger partial charge in [0.15, 0.2) is 0 Å². The van der Waals surface area contributed by atoms with Crippen LogP contribution in [0.5, 0.6) is 0 Å². The fourth-order valence-electron chi connectivity index (χ4n) is 2.23. The first kappa shape index (κ1) is 17.3. The molecule has 4 N–H and O–H groups in total. The molecule has 1 aromatic carbocycles. The van der Waals surface area contributed by atoms with Gasteiger partial charge in [-0.2, -0.15) is 0 Å². The quantitative estimate of drug-likeness (QED) is 0.745. The Labute approximate surface area is 143 Å². The lowest BCUT2D eigenvalue weighted by Gasteiger charge is -2.19. The molecule has 2 aromatic rings. The van der Waals surface area contributed by atoms with Crippen LogP contribution in [0.4, 0.5) is 4.79 Å². The number of thiophene rings is 1. The van der Waals surface area contributed by atoms with E-state index in [1.807, 2.05) is 42.6 Å². The highest BCUT2D eigenvalue weighted by molar-refractivity contribution is 7.10. The summed E-state index contributed by atoms with van der Waals surface area (Å²) >= 11 is 7.43. The Bertz CT molecular complexity index is 676. The zero-order valence-corrected chi connectivity index (χ0v) is 14.2. The molecule has 0 bridgehead atoms. The van der Waals surface area contributed by atoms with E-state index in [1.54, 1.807) is 6.07 Å². The molecule has 1 heterocycles. The van der Waals surface area contributed by atoms with Crippen LogP contribution in [-0.4, -0.2) is 11.9 Å². The lowest BCUT2D eigenvalue weighted by Crippen LogP contribution is -2.36. The van der Waals surface area contributed by atoms with Crippen molar-refractivity contribution >= 4 is 34.9 Å². The van der Waals surface area contributed by atoms with Gasteiger partial charge in [0.25, 0.3) is 0 Å². The largest absolute Gasteiger partial charge is 0.352 e. The van der Waals surface area contributed by atoms with Gasteiger partial charge in [-0.3, -0.25) is 4.79 Å². The molecule has 0 fully saturated rings. The summed E-state index contributed by atoms with van der Waals surface area (Å²) in [5.41, 5.74) is 6.11. The highest BCUT2D eigenvalue weighted by Gasteiger charge is 2.19. The lowest BCUT2D eigenvalue weighted by atomic mass is 10.1. The van der Waals surface area contributed by atoms with E-state index in [-0.39, 0.29) is 18.4 Å². The second-order valence-corrected chi connectivity index (χ2v) is 6.54. The monoisotopic (exact) mass is 351 g/mol. The lowest BCUT2D eigenvalue weighted by molar-refractivity contribution is -0.122. The van der Waals surface area contributed by atoms with Crippen LogP contribution >= 0.6 is 22.9 Å². The minimum absolute atomic E-state index is 0.119. The Hall–Kier alpha value is -2.05. The van der Waals surface area contributed by atoms with Crippen molar-refractivity contribution in [2.75, 3.05) is 0 Å². The summed E-state index contributed by atoms with van der Waals surface area (Å²) in [6.07, 6.45) is 0.119. The third-order valence-corrected chi connectivity index (χ3v) is 4.54. The predicted octanol–water partition coefficient (Wildman–Crippen LogP) is 3.38.